The highest BCUT2D eigenvalue weighted by molar-refractivity contribution is 6.31. The molecule has 2 aliphatic carbocycles. The van der Waals surface area contributed by atoms with Crippen LogP contribution in [0.5, 0.6) is 0 Å². The van der Waals surface area contributed by atoms with Gasteiger partial charge in [0.25, 0.3) is 0 Å². The van der Waals surface area contributed by atoms with Gasteiger partial charge < -0.3 is 10.4 Å². The summed E-state index contributed by atoms with van der Waals surface area (Å²) in [6.45, 7) is -0.154. The highest BCUT2D eigenvalue weighted by atomic mass is 19.4. The van der Waals surface area contributed by atoms with Gasteiger partial charge in [-0.3, -0.25) is 4.79 Å². The molecule has 0 spiro atoms. The van der Waals surface area contributed by atoms with Crippen LogP contribution in [0.4, 0.5) is 13.2 Å². The number of benzene rings is 1. The maximum absolute atomic E-state index is 14.6. The van der Waals surface area contributed by atoms with Gasteiger partial charge in [-0.2, -0.15) is 13.2 Å². The van der Waals surface area contributed by atoms with E-state index in [9.17, 15) is 22.8 Å². The van der Waals surface area contributed by atoms with Crippen molar-refractivity contribution >= 4 is 11.9 Å². The first-order chi connectivity index (χ1) is 16.7. The molecule has 2 atom stereocenters. The van der Waals surface area contributed by atoms with E-state index in [1.807, 2.05) is 0 Å². The zero-order chi connectivity index (χ0) is 25.3. The van der Waals surface area contributed by atoms with Crippen molar-refractivity contribution in [1.82, 2.24) is 5.32 Å². The summed E-state index contributed by atoms with van der Waals surface area (Å²) in [5.41, 5.74) is -1.29. The van der Waals surface area contributed by atoms with E-state index in [0.717, 1.165) is 18.9 Å². The number of nitrogens with one attached hydrogen (secondary N) is 1. The number of rotatable bonds is 7. The Bertz CT molecular complexity index is 998. The SMILES string of the molecule is O=C(O)C(=O)NCC1=CCC(C(C#CCCCC2CCCCC2)c2ccccc2)(C(F)(F)F)C=C1. The molecule has 1 aromatic carbocycles. The molecule has 1 fully saturated rings. The lowest BCUT2D eigenvalue weighted by molar-refractivity contribution is -0.208. The number of carbonyl (C=O) groups is 2. The van der Waals surface area contributed by atoms with E-state index in [1.54, 1.807) is 30.3 Å². The molecule has 1 saturated carbocycles. The van der Waals surface area contributed by atoms with Crippen LogP contribution in [0, 0.1) is 23.2 Å². The Kier molecular flexibility index (Phi) is 9.20. The number of allylic oxidation sites excluding steroid dienone is 2. The first kappa shape index (κ1) is 26.6. The minimum atomic E-state index is -4.56. The Morgan fingerprint density at radius 2 is 1.86 bits per heavy atom. The molecule has 3 rings (SSSR count). The number of carboxylic acids is 1. The molecule has 188 valence electrons. The number of unbranched alkanes of at least 4 members (excludes halogenated alkanes) is 1. The van der Waals surface area contributed by atoms with Gasteiger partial charge in [0.05, 0.1) is 5.92 Å². The third-order valence-corrected chi connectivity index (χ3v) is 7.01. The van der Waals surface area contributed by atoms with E-state index < -0.39 is 29.4 Å². The van der Waals surface area contributed by atoms with E-state index >= 15 is 0 Å². The number of hydrogen-bond acceptors (Lipinski definition) is 2. The molecule has 0 heterocycles. The summed E-state index contributed by atoms with van der Waals surface area (Å²) in [6.07, 6.45) is 7.79. The van der Waals surface area contributed by atoms with Crippen LogP contribution >= 0.6 is 0 Å². The van der Waals surface area contributed by atoms with Crippen LogP contribution in [0.1, 0.15) is 69.3 Å². The third-order valence-electron chi connectivity index (χ3n) is 7.01. The molecular weight excluding hydrogens is 455 g/mol. The standard InChI is InChI=1S/C28H32F3NO3/c29-28(30,31)27(18-16-22(17-19-27)20-32-25(33)26(34)35)24(23-13-7-3-8-14-23)15-9-2-6-12-21-10-4-1-5-11-21/h3,7-8,13-14,16-18,21,24H,1-2,4-6,10-12,19-20H2,(H,32,33)(H,34,35). The number of aliphatic carboxylic acids is 1. The second kappa shape index (κ2) is 12.1. The maximum Gasteiger partial charge on any atom is 0.399 e. The molecule has 0 saturated heterocycles. The van der Waals surface area contributed by atoms with Crippen molar-refractivity contribution in [3.05, 3.63) is 59.7 Å². The van der Waals surface area contributed by atoms with E-state index in [2.05, 4.69) is 17.2 Å². The Labute approximate surface area is 204 Å². The minimum Gasteiger partial charge on any atom is -0.474 e. The first-order valence-corrected chi connectivity index (χ1v) is 12.2. The summed E-state index contributed by atoms with van der Waals surface area (Å²) in [5.74, 6) is 2.82. The minimum absolute atomic E-state index is 0.154. The van der Waals surface area contributed by atoms with Gasteiger partial charge in [0.1, 0.15) is 5.41 Å². The average Bonchev–Trinajstić information content (AvgIpc) is 2.85. The Morgan fingerprint density at radius 3 is 2.46 bits per heavy atom. The molecule has 1 aromatic rings. The van der Waals surface area contributed by atoms with Gasteiger partial charge >= 0.3 is 18.1 Å². The fourth-order valence-corrected chi connectivity index (χ4v) is 4.95. The summed E-state index contributed by atoms with van der Waals surface area (Å²) in [6, 6.07) is 8.54. The van der Waals surface area contributed by atoms with E-state index in [0.29, 0.717) is 23.5 Å². The van der Waals surface area contributed by atoms with Crippen LogP contribution in [-0.2, 0) is 9.59 Å². The van der Waals surface area contributed by atoms with Crippen LogP contribution in [0.2, 0.25) is 0 Å². The van der Waals surface area contributed by atoms with E-state index in [1.165, 1.54) is 44.3 Å². The summed E-state index contributed by atoms with van der Waals surface area (Å²) >= 11 is 0. The van der Waals surface area contributed by atoms with Crippen molar-refractivity contribution in [3.63, 3.8) is 0 Å². The van der Waals surface area contributed by atoms with Crippen molar-refractivity contribution in [2.45, 2.75) is 69.9 Å². The molecule has 2 aliphatic rings. The van der Waals surface area contributed by atoms with Crippen molar-refractivity contribution in [3.8, 4) is 11.8 Å². The molecule has 0 aromatic heterocycles. The van der Waals surface area contributed by atoms with Gasteiger partial charge in [-0.1, -0.05) is 86.6 Å². The summed E-state index contributed by atoms with van der Waals surface area (Å²) in [5, 5.41) is 10.9. The smallest absolute Gasteiger partial charge is 0.399 e. The molecular formula is C28H32F3NO3. The van der Waals surface area contributed by atoms with Gasteiger partial charge in [0, 0.05) is 13.0 Å². The van der Waals surface area contributed by atoms with Crippen LogP contribution in [-0.4, -0.2) is 29.7 Å². The molecule has 2 N–H and O–H groups in total. The Hall–Kier alpha value is -3.01. The van der Waals surface area contributed by atoms with Gasteiger partial charge in [0.2, 0.25) is 0 Å². The zero-order valence-corrected chi connectivity index (χ0v) is 19.7. The number of amides is 1. The van der Waals surface area contributed by atoms with Crippen molar-refractivity contribution < 1.29 is 27.9 Å². The summed E-state index contributed by atoms with van der Waals surface area (Å²) < 4.78 is 43.8. The van der Waals surface area contributed by atoms with Gasteiger partial charge in [-0.15, -0.1) is 5.92 Å². The molecule has 35 heavy (non-hydrogen) atoms. The van der Waals surface area contributed by atoms with Crippen LogP contribution in [0.15, 0.2) is 54.1 Å². The van der Waals surface area contributed by atoms with E-state index in [4.69, 9.17) is 5.11 Å². The molecule has 0 aliphatic heterocycles. The number of carboxylic acid groups (broad SMARTS) is 1. The normalized spacial score (nSPS) is 21.4. The van der Waals surface area contributed by atoms with Gasteiger partial charge in [-0.25, -0.2) is 4.79 Å². The third kappa shape index (κ3) is 7.00. The maximum atomic E-state index is 14.6. The van der Waals surface area contributed by atoms with Gasteiger partial charge in [-0.05, 0) is 36.3 Å². The van der Waals surface area contributed by atoms with Crippen molar-refractivity contribution in [2.75, 3.05) is 6.54 Å². The molecule has 0 radical (unpaired) electrons. The predicted octanol–water partition coefficient (Wildman–Crippen LogP) is 6.16. The zero-order valence-electron chi connectivity index (χ0n) is 19.7. The molecule has 1 amide bonds. The molecule has 7 heteroatoms. The number of hydrogen-bond donors (Lipinski definition) is 2. The van der Waals surface area contributed by atoms with Crippen LogP contribution in [0.3, 0.4) is 0 Å². The lowest BCUT2D eigenvalue weighted by Gasteiger charge is -2.39. The lowest BCUT2D eigenvalue weighted by atomic mass is 9.67. The highest BCUT2D eigenvalue weighted by Crippen LogP contribution is 2.54. The second-order valence-electron chi connectivity index (χ2n) is 9.40. The van der Waals surface area contributed by atoms with Crippen LogP contribution < -0.4 is 5.32 Å². The average molecular weight is 488 g/mol. The molecule has 4 nitrogen and oxygen atoms in total. The first-order valence-electron chi connectivity index (χ1n) is 12.2. The predicted molar refractivity (Wildman–Crippen MR) is 128 cm³/mol. The summed E-state index contributed by atoms with van der Waals surface area (Å²) in [4.78, 5) is 22.0. The Morgan fingerprint density at radius 1 is 1.14 bits per heavy atom. The number of alkyl halides is 3. The lowest BCUT2D eigenvalue weighted by Crippen LogP contribution is -2.42. The quantitative estimate of drug-likeness (QED) is 0.275. The highest BCUT2D eigenvalue weighted by Gasteiger charge is 2.57. The topological polar surface area (TPSA) is 66.4 Å². The molecule has 2 unspecified atom stereocenters. The number of halogens is 3. The summed E-state index contributed by atoms with van der Waals surface area (Å²) in [7, 11) is 0. The van der Waals surface area contributed by atoms with Crippen molar-refractivity contribution in [2.24, 2.45) is 11.3 Å². The van der Waals surface area contributed by atoms with Crippen LogP contribution in [0.25, 0.3) is 0 Å². The van der Waals surface area contributed by atoms with Gasteiger partial charge in [0.15, 0.2) is 0 Å². The molecule has 0 bridgehead atoms. The monoisotopic (exact) mass is 487 g/mol. The second-order valence-corrected chi connectivity index (χ2v) is 9.40. The Balaban J connectivity index is 1.78. The largest absolute Gasteiger partial charge is 0.474 e. The fourth-order valence-electron chi connectivity index (χ4n) is 4.95. The van der Waals surface area contributed by atoms with Crippen molar-refractivity contribution in [1.29, 1.82) is 0 Å². The van der Waals surface area contributed by atoms with E-state index in [-0.39, 0.29) is 13.0 Å². The fraction of sp³-hybridized carbons (Fsp3) is 0.500. The number of carbonyl (C=O) groups excluding carboxylic acids is 1.